The number of ether oxygens (including phenoxy) is 1. The number of hydrogen-bond donors (Lipinski definition) is 0. The van der Waals surface area contributed by atoms with E-state index in [2.05, 4.69) is 0 Å². The monoisotopic (exact) mass is 232 g/mol. The van der Waals surface area contributed by atoms with Crippen molar-refractivity contribution < 1.29 is 13.7 Å². The highest BCUT2D eigenvalue weighted by Gasteiger charge is 2.19. The summed E-state index contributed by atoms with van der Waals surface area (Å²) < 4.78 is 16.6. The third-order valence-corrected chi connectivity index (χ3v) is 3.94. The second-order valence-corrected chi connectivity index (χ2v) is 5.94. The lowest BCUT2D eigenvalue weighted by Gasteiger charge is -2.10. The molecule has 0 aliphatic heterocycles. The molecule has 0 bridgehead atoms. The van der Waals surface area contributed by atoms with Crippen LogP contribution < -0.4 is 0 Å². The van der Waals surface area contributed by atoms with Gasteiger partial charge < -0.3 is 4.74 Å². The van der Waals surface area contributed by atoms with Gasteiger partial charge in [-0.3, -0.25) is 9.00 Å². The number of carbonyl (C=O) groups is 1. The molecule has 0 aromatic rings. The van der Waals surface area contributed by atoms with Crippen molar-refractivity contribution in [2.45, 2.75) is 45.6 Å². The Morgan fingerprint density at radius 1 is 1.40 bits per heavy atom. The molecule has 0 amide bonds. The Balaban J connectivity index is 2.19. The van der Waals surface area contributed by atoms with Crippen LogP contribution in [0, 0.1) is 5.92 Å². The van der Waals surface area contributed by atoms with Gasteiger partial charge >= 0.3 is 5.97 Å². The van der Waals surface area contributed by atoms with Crippen LogP contribution in [0.25, 0.3) is 0 Å². The summed E-state index contributed by atoms with van der Waals surface area (Å²) in [6.45, 7) is 3.61. The Kier molecular flexibility index (Phi) is 5.29. The molecule has 15 heavy (non-hydrogen) atoms. The molecular weight excluding hydrogens is 212 g/mol. The zero-order valence-corrected chi connectivity index (χ0v) is 10.3. The van der Waals surface area contributed by atoms with Gasteiger partial charge in [0.25, 0.3) is 0 Å². The molecule has 1 saturated carbocycles. The summed E-state index contributed by atoms with van der Waals surface area (Å²) in [5.74, 6) is 0.973. The van der Waals surface area contributed by atoms with Crippen LogP contribution >= 0.6 is 0 Å². The molecule has 1 unspecified atom stereocenters. The zero-order chi connectivity index (χ0) is 11.3. The van der Waals surface area contributed by atoms with E-state index in [0.717, 1.165) is 0 Å². The van der Waals surface area contributed by atoms with Crippen molar-refractivity contribution in [2.75, 3.05) is 11.5 Å². The maximum Gasteiger partial charge on any atom is 0.318 e. The summed E-state index contributed by atoms with van der Waals surface area (Å²) in [6, 6.07) is 0. The molecule has 1 atom stereocenters. The Morgan fingerprint density at radius 2 is 2.00 bits per heavy atom. The fourth-order valence-electron chi connectivity index (χ4n) is 1.93. The van der Waals surface area contributed by atoms with Crippen LogP contribution in [0.2, 0.25) is 0 Å². The standard InChI is InChI=1S/C11H20O3S/c1-9(2)14-11(12)8-15(13)7-10-5-3-4-6-10/h9-10H,3-8H2,1-2H3. The highest BCUT2D eigenvalue weighted by atomic mass is 32.2. The van der Waals surface area contributed by atoms with E-state index in [1.54, 1.807) is 13.8 Å². The van der Waals surface area contributed by atoms with Gasteiger partial charge in [0.2, 0.25) is 0 Å². The molecule has 0 radical (unpaired) electrons. The lowest BCUT2D eigenvalue weighted by molar-refractivity contribution is -0.144. The van der Waals surface area contributed by atoms with Gasteiger partial charge in [-0.1, -0.05) is 12.8 Å². The molecule has 0 aromatic carbocycles. The van der Waals surface area contributed by atoms with E-state index in [1.165, 1.54) is 25.7 Å². The topological polar surface area (TPSA) is 43.4 Å². The quantitative estimate of drug-likeness (QED) is 0.680. The maximum absolute atomic E-state index is 11.6. The zero-order valence-electron chi connectivity index (χ0n) is 9.53. The minimum atomic E-state index is -1.03. The highest BCUT2D eigenvalue weighted by molar-refractivity contribution is 7.85. The first kappa shape index (κ1) is 12.7. The molecule has 1 aliphatic carbocycles. The largest absolute Gasteiger partial charge is 0.462 e. The van der Waals surface area contributed by atoms with E-state index < -0.39 is 10.8 Å². The van der Waals surface area contributed by atoms with Gasteiger partial charge in [0.1, 0.15) is 5.75 Å². The van der Waals surface area contributed by atoms with Crippen molar-refractivity contribution in [3.8, 4) is 0 Å². The summed E-state index contributed by atoms with van der Waals surface area (Å²) in [5, 5.41) is 0. The van der Waals surface area contributed by atoms with Gasteiger partial charge in [0.05, 0.1) is 6.10 Å². The fourth-order valence-corrected chi connectivity index (χ4v) is 3.24. The maximum atomic E-state index is 11.6. The molecular formula is C11H20O3S. The third kappa shape index (κ3) is 5.30. The minimum absolute atomic E-state index is 0.0642. The van der Waals surface area contributed by atoms with E-state index in [1.807, 2.05) is 0 Å². The van der Waals surface area contributed by atoms with Crippen molar-refractivity contribution in [3.63, 3.8) is 0 Å². The van der Waals surface area contributed by atoms with Crippen LogP contribution in [0.4, 0.5) is 0 Å². The van der Waals surface area contributed by atoms with E-state index in [9.17, 15) is 9.00 Å². The van der Waals surface area contributed by atoms with Gasteiger partial charge in [0.15, 0.2) is 0 Å². The van der Waals surface area contributed by atoms with Crippen molar-refractivity contribution in [3.05, 3.63) is 0 Å². The summed E-state index contributed by atoms with van der Waals surface area (Å²) >= 11 is 0. The van der Waals surface area contributed by atoms with Crippen LogP contribution in [0.1, 0.15) is 39.5 Å². The van der Waals surface area contributed by atoms with Crippen molar-refractivity contribution in [1.82, 2.24) is 0 Å². The van der Waals surface area contributed by atoms with Gasteiger partial charge in [-0.05, 0) is 32.6 Å². The van der Waals surface area contributed by atoms with Crippen LogP contribution in [-0.2, 0) is 20.3 Å². The molecule has 1 aliphatic rings. The Bertz CT molecular complexity index is 232. The second-order valence-electron chi connectivity index (χ2n) is 4.44. The first-order valence-corrected chi connectivity index (χ1v) is 7.11. The molecule has 1 rings (SSSR count). The summed E-state index contributed by atoms with van der Waals surface area (Å²) in [7, 11) is -1.03. The van der Waals surface area contributed by atoms with Crippen molar-refractivity contribution >= 4 is 16.8 Å². The molecule has 3 nitrogen and oxygen atoms in total. The van der Waals surface area contributed by atoms with Crippen molar-refractivity contribution in [2.24, 2.45) is 5.92 Å². The molecule has 4 heteroatoms. The number of rotatable bonds is 5. The average Bonchev–Trinajstić information content (AvgIpc) is 2.53. The lowest BCUT2D eigenvalue weighted by atomic mass is 10.1. The average molecular weight is 232 g/mol. The number of hydrogen-bond acceptors (Lipinski definition) is 3. The third-order valence-electron chi connectivity index (χ3n) is 2.54. The normalized spacial score (nSPS) is 19.4. The van der Waals surface area contributed by atoms with Crippen LogP contribution in [0.3, 0.4) is 0 Å². The first-order chi connectivity index (χ1) is 7.08. The fraction of sp³-hybridized carbons (Fsp3) is 0.909. The predicted octanol–water partition coefficient (Wildman–Crippen LogP) is 1.88. The molecule has 88 valence electrons. The lowest BCUT2D eigenvalue weighted by Crippen LogP contribution is -2.21. The SMILES string of the molecule is CC(C)OC(=O)CS(=O)CC1CCCC1. The number of carbonyl (C=O) groups excluding carboxylic acids is 1. The molecule has 0 saturated heterocycles. The van der Waals surface area contributed by atoms with E-state index in [0.29, 0.717) is 11.7 Å². The first-order valence-electron chi connectivity index (χ1n) is 5.62. The predicted molar refractivity (Wildman–Crippen MR) is 61.1 cm³/mol. The molecule has 0 spiro atoms. The van der Waals surface area contributed by atoms with Crippen LogP contribution in [0.15, 0.2) is 0 Å². The van der Waals surface area contributed by atoms with E-state index in [4.69, 9.17) is 4.74 Å². The van der Waals surface area contributed by atoms with E-state index >= 15 is 0 Å². The number of esters is 1. The molecule has 0 N–H and O–H groups in total. The van der Waals surface area contributed by atoms with Crippen LogP contribution in [-0.4, -0.2) is 27.8 Å². The smallest absolute Gasteiger partial charge is 0.318 e. The summed E-state index contributed by atoms with van der Waals surface area (Å²) in [5.41, 5.74) is 0. The Hall–Kier alpha value is -0.380. The molecule has 1 fully saturated rings. The minimum Gasteiger partial charge on any atom is -0.462 e. The van der Waals surface area contributed by atoms with Gasteiger partial charge in [-0.2, -0.15) is 0 Å². The van der Waals surface area contributed by atoms with Gasteiger partial charge in [-0.25, -0.2) is 0 Å². The summed E-state index contributed by atoms with van der Waals surface area (Å²) in [4.78, 5) is 11.2. The Labute approximate surface area is 94.0 Å². The Morgan fingerprint density at radius 3 is 2.53 bits per heavy atom. The highest BCUT2D eigenvalue weighted by Crippen LogP contribution is 2.25. The molecule has 0 aromatic heterocycles. The van der Waals surface area contributed by atoms with Crippen molar-refractivity contribution in [1.29, 1.82) is 0 Å². The second kappa shape index (κ2) is 6.26. The summed E-state index contributed by atoms with van der Waals surface area (Å²) in [6.07, 6.45) is 4.73. The van der Waals surface area contributed by atoms with Crippen LogP contribution in [0.5, 0.6) is 0 Å². The van der Waals surface area contributed by atoms with E-state index in [-0.39, 0.29) is 17.8 Å². The van der Waals surface area contributed by atoms with Gasteiger partial charge in [0, 0.05) is 16.6 Å². The molecule has 0 heterocycles. The van der Waals surface area contributed by atoms with Gasteiger partial charge in [-0.15, -0.1) is 0 Å².